The van der Waals surface area contributed by atoms with E-state index in [4.69, 9.17) is 4.42 Å². The standard InChI is InChI=1S/C21H27N3O4S/c1-5-23(6-2)10-8-11-24-17(15-9-7-12-28-15)16(19(26)21(24)27)18(25)20-13(3)22-14(4)29-20/h7,9,12,17,26H,5-6,8,10-11H2,1-4H3/t17-/m1/s1. The summed E-state index contributed by atoms with van der Waals surface area (Å²) < 4.78 is 5.55. The highest BCUT2D eigenvalue weighted by Gasteiger charge is 2.45. The van der Waals surface area contributed by atoms with Crippen molar-refractivity contribution in [3.63, 3.8) is 0 Å². The van der Waals surface area contributed by atoms with Crippen LogP contribution >= 0.6 is 11.3 Å². The molecular formula is C21H27N3O4S. The average Bonchev–Trinajstić information content (AvgIpc) is 3.39. The zero-order valence-corrected chi connectivity index (χ0v) is 18.1. The van der Waals surface area contributed by atoms with Crippen LogP contribution in [0.15, 0.2) is 34.1 Å². The van der Waals surface area contributed by atoms with E-state index >= 15 is 0 Å². The fourth-order valence-electron chi connectivity index (χ4n) is 3.73. The number of rotatable bonds is 9. The molecule has 1 amide bonds. The highest BCUT2D eigenvalue weighted by atomic mass is 32.1. The van der Waals surface area contributed by atoms with Gasteiger partial charge >= 0.3 is 0 Å². The maximum Gasteiger partial charge on any atom is 0.290 e. The van der Waals surface area contributed by atoms with Crippen molar-refractivity contribution in [2.24, 2.45) is 0 Å². The Labute approximate surface area is 174 Å². The van der Waals surface area contributed by atoms with Crippen LogP contribution in [0.2, 0.25) is 0 Å². The van der Waals surface area contributed by atoms with Crippen LogP contribution in [0.4, 0.5) is 0 Å². The Morgan fingerprint density at radius 3 is 2.62 bits per heavy atom. The van der Waals surface area contributed by atoms with Gasteiger partial charge in [0.2, 0.25) is 5.78 Å². The number of thiazole rings is 1. The number of nitrogens with zero attached hydrogens (tertiary/aromatic N) is 3. The second kappa shape index (κ2) is 8.92. The van der Waals surface area contributed by atoms with Gasteiger partial charge in [0.25, 0.3) is 5.91 Å². The maximum absolute atomic E-state index is 13.3. The number of Topliss-reactive ketones (excluding diaryl/α,β-unsaturated/α-hetero) is 1. The van der Waals surface area contributed by atoms with Crippen LogP contribution in [-0.2, 0) is 4.79 Å². The molecule has 0 unspecified atom stereocenters. The van der Waals surface area contributed by atoms with Gasteiger partial charge in [-0.15, -0.1) is 11.3 Å². The topological polar surface area (TPSA) is 86.9 Å². The van der Waals surface area contributed by atoms with E-state index in [0.29, 0.717) is 22.9 Å². The van der Waals surface area contributed by atoms with E-state index in [1.54, 1.807) is 19.1 Å². The highest BCUT2D eigenvalue weighted by molar-refractivity contribution is 7.14. The van der Waals surface area contributed by atoms with Crippen LogP contribution in [0.1, 0.15) is 52.4 Å². The minimum atomic E-state index is -0.733. The Morgan fingerprint density at radius 2 is 2.07 bits per heavy atom. The first-order valence-electron chi connectivity index (χ1n) is 9.87. The summed E-state index contributed by atoms with van der Waals surface area (Å²) in [6.45, 7) is 10.9. The first kappa shape index (κ1) is 21.3. The van der Waals surface area contributed by atoms with Gasteiger partial charge in [-0.1, -0.05) is 13.8 Å². The number of carbonyl (C=O) groups is 2. The number of carbonyl (C=O) groups excluding carboxylic acids is 2. The highest BCUT2D eigenvalue weighted by Crippen LogP contribution is 2.40. The molecule has 1 aliphatic heterocycles. The number of ketones is 1. The van der Waals surface area contributed by atoms with Crippen molar-refractivity contribution < 1.29 is 19.1 Å². The number of amides is 1. The molecule has 0 bridgehead atoms. The smallest absolute Gasteiger partial charge is 0.290 e. The van der Waals surface area contributed by atoms with E-state index in [-0.39, 0.29) is 11.4 Å². The molecule has 2 aromatic rings. The van der Waals surface area contributed by atoms with E-state index in [1.165, 1.54) is 22.5 Å². The van der Waals surface area contributed by atoms with E-state index in [9.17, 15) is 14.7 Å². The zero-order valence-electron chi connectivity index (χ0n) is 17.3. The van der Waals surface area contributed by atoms with Crippen molar-refractivity contribution in [3.8, 4) is 0 Å². The number of aliphatic hydroxyl groups excluding tert-OH is 1. The molecule has 0 fully saturated rings. The van der Waals surface area contributed by atoms with Crippen LogP contribution in [0.3, 0.4) is 0 Å². The molecule has 1 aliphatic rings. The molecule has 3 rings (SSSR count). The predicted molar refractivity (Wildman–Crippen MR) is 111 cm³/mol. The van der Waals surface area contributed by atoms with Crippen LogP contribution in [0, 0.1) is 13.8 Å². The van der Waals surface area contributed by atoms with Crippen molar-refractivity contribution in [3.05, 3.63) is 51.1 Å². The number of aryl methyl sites for hydroxylation is 2. The summed E-state index contributed by atoms with van der Waals surface area (Å²) in [6.07, 6.45) is 2.24. The number of hydrogen-bond donors (Lipinski definition) is 1. The first-order valence-corrected chi connectivity index (χ1v) is 10.7. The second-order valence-electron chi connectivity index (χ2n) is 7.04. The summed E-state index contributed by atoms with van der Waals surface area (Å²) in [5.41, 5.74) is 0.669. The van der Waals surface area contributed by atoms with Gasteiger partial charge < -0.3 is 19.3 Å². The molecule has 0 saturated carbocycles. The minimum absolute atomic E-state index is 0.0690. The molecule has 3 heterocycles. The summed E-state index contributed by atoms with van der Waals surface area (Å²) in [5, 5.41) is 11.4. The van der Waals surface area contributed by atoms with Crippen molar-refractivity contribution in [1.29, 1.82) is 0 Å². The van der Waals surface area contributed by atoms with Gasteiger partial charge in [-0.05, 0) is 52.0 Å². The SMILES string of the molecule is CCN(CC)CCCN1C(=O)C(O)=C(C(=O)c2sc(C)nc2C)[C@H]1c1ccco1. The van der Waals surface area contributed by atoms with Crippen LogP contribution in [-0.4, -0.2) is 57.8 Å². The van der Waals surface area contributed by atoms with Gasteiger partial charge in [0, 0.05) is 6.54 Å². The van der Waals surface area contributed by atoms with E-state index in [1.807, 2.05) is 6.92 Å². The maximum atomic E-state index is 13.3. The predicted octanol–water partition coefficient (Wildman–Crippen LogP) is 3.66. The molecule has 0 aliphatic carbocycles. The molecule has 1 atom stereocenters. The second-order valence-corrected chi connectivity index (χ2v) is 8.24. The Balaban J connectivity index is 1.91. The van der Waals surface area contributed by atoms with Gasteiger partial charge in [-0.3, -0.25) is 9.59 Å². The molecule has 0 spiro atoms. The van der Waals surface area contributed by atoms with Crippen LogP contribution in [0.5, 0.6) is 0 Å². The number of hydrogen-bond acceptors (Lipinski definition) is 7. The Hall–Kier alpha value is -2.45. The Bertz CT molecular complexity index is 913. The molecule has 0 radical (unpaired) electrons. The third-order valence-electron chi connectivity index (χ3n) is 5.24. The van der Waals surface area contributed by atoms with Gasteiger partial charge in [0.05, 0.1) is 27.4 Å². The molecule has 1 N–H and O–H groups in total. The zero-order chi connectivity index (χ0) is 21.1. The lowest BCUT2D eigenvalue weighted by atomic mass is 9.99. The molecule has 0 aromatic carbocycles. The van der Waals surface area contributed by atoms with Crippen molar-refractivity contribution in [2.45, 2.75) is 40.2 Å². The fourth-order valence-corrected chi connectivity index (χ4v) is 4.60. The van der Waals surface area contributed by atoms with E-state index in [0.717, 1.165) is 31.1 Å². The third kappa shape index (κ3) is 4.13. The van der Waals surface area contributed by atoms with Crippen LogP contribution in [0.25, 0.3) is 0 Å². The van der Waals surface area contributed by atoms with Gasteiger partial charge in [-0.2, -0.15) is 0 Å². The van der Waals surface area contributed by atoms with E-state index in [2.05, 4.69) is 23.7 Å². The summed E-state index contributed by atoms with van der Waals surface area (Å²) >= 11 is 1.27. The third-order valence-corrected chi connectivity index (χ3v) is 6.31. The number of aromatic nitrogens is 1. The van der Waals surface area contributed by atoms with Crippen molar-refractivity contribution >= 4 is 23.0 Å². The molecule has 0 saturated heterocycles. The lowest BCUT2D eigenvalue weighted by molar-refractivity contribution is -0.129. The molecule has 29 heavy (non-hydrogen) atoms. The number of furan rings is 1. The molecule has 7 nitrogen and oxygen atoms in total. The van der Waals surface area contributed by atoms with Gasteiger partial charge in [0.1, 0.15) is 11.8 Å². The summed E-state index contributed by atoms with van der Waals surface area (Å²) in [7, 11) is 0. The first-order chi connectivity index (χ1) is 13.9. The summed E-state index contributed by atoms with van der Waals surface area (Å²) in [6, 6.07) is 2.71. The van der Waals surface area contributed by atoms with Gasteiger partial charge in [-0.25, -0.2) is 4.98 Å². The Kier molecular flexibility index (Phi) is 6.54. The van der Waals surface area contributed by atoms with Crippen LogP contribution < -0.4 is 0 Å². The lowest BCUT2D eigenvalue weighted by Crippen LogP contribution is -2.34. The minimum Gasteiger partial charge on any atom is -0.503 e. The monoisotopic (exact) mass is 417 g/mol. The quantitative estimate of drug-likeness (QED) is 0.627. The Morgan fingerprint density at radius 1 is 1.34 bits per heavy atom. The van der Waals surface area contributed by atoms with Crippen molar-refractivity contribution in [2.75, 3.05) is 26.2 Å². The molecule has 156 valence electrons. The lowest BCUT2D eigenvalue weighted by Gasteiger charge is -2.26. The summed E-state index contributed by atoms with van der Waals surface area (Å²) in [4.78, 5) is 34.7. The molecular weight excluding hydrogens is 390 g/mol. The number of aliphatic hydroxyl groups is 1. The largest absolute Gasteiger partial charge is 0.503 e. The fraction of sp³-hybridized carbons (Fsp3) is 0.476. The van der Waals surface area contributed by atoms with Gasteiger partial charge in [0.15, 0.2) is 5.76 Å². The molecule has 2 aromatic heterocycles. The van der Waals surface area contributed by atoms with E-state index < -0.39 is 17.7 Å². The average molecular weight is 418 g/mol. The van der Waals surface area contributed by atoms with Crippen molar-refractivity contribution in [1.82, 2.24) is 14.8 Å². The summed E-state index contributed by atoms with van der Waals surface area (Å²) in [5.74, 6) is -0.933. The molecule has 8 heteroatoms. The normalized spacial score (nSPS) is 17.1.